The molecule has 0 aromatic heterocycles. The van der Waals surface area contributed by atoms with Gasteiger partial charge >= 0.3 is 12.4 Å². The summed E-state index contributed by atoms with van der Waals surface area (Å²) in [6, 6.07) is 8.89. The average Bonchev–Trinajstić information content (AvgIpc) is 2.94. The number of alkyl halides is 6. The van der Waals surface area contributed by atoms with E-state index >= 15 is 0 Å². The molecule has 3 rings (SSSR count). The SMILES string of the molecule is O=C1C(=Cc2ccc(C(F)(F)F)cc2)CSC1=Cc1ccc(C(F)(F)F)cc1. The number of halogens is 6. The summed E-state index contributed by atoms with van der Waals surface area (Å²) < 4.78 is 75.6. The fourth-order valence-corrected chi connectivity index (χ4v) is 3.56. The van der Waals surface area contributed by atoms with Crippen LogP contribution >= 0.6 is 11.8 Å². The second kappa shape index (κ2) is 7.50. The number of carbonyl (C=O) groups excluding carboxylic acids is 1. The maximum atomic E-state index is 12.6. The predicted octanol–water partition coefficient (Wildman–Crippen LogP) is 6.46. The van der Waals surface area contributed by atoms with Crippen molar-refractivity contribution in [1.29, 1.82) is 0 Å². The van der Waals surface area contributed by atoms with Gasteiger partial charge < -0.3 is 0 Å². The van der Waals surface area contributed by atoms with Crippen LogP contribution in [0.25, 0.3) is 12.2 Å². The Morgan fingerprint density at radius 1 is 0.714 bits per heavy atom. The summed E-state index contributed by atoms with van der Waals surface area (Å²) >= 11 is 1.23. The maximum absolute atomic E-state index is 12.6. The Hall–Kier alpha value is -2.48. The normalized spacial score (nSPS) is 18.3. The number of rotatable bonds is 2. The predicted molar refractivity (Wildman–Crippen MR) is 96.3 cm³/mol. The molecule has 2 aromatic carbocycles. The van der Waals surface area contributed by atoms with E-state index in [1.54, 1.807) is 0 Å². The molecule has 1 heterocycles. The average molecular weight is 414 g/mol. The van der Waals surface area contributed by atoms with Crippen molar-refractivity contribution < 1.29 is 31.1 Å². The van der Waals surface area contributed by atoms with Gasteiger partial charge in [0.1, 0.15) is 0 Å². The molecule has 1 aliphatic rings. The van der Waals surface area contributed by atoms with E-state index in [1.165, 1.54) is 48.2 Å². The van der Waals surface area contributed by atoms with Gasteiger partial charge in [0.05, 0.1) is 16.0 Å². The first-order valence-corrected chi connectivity index (χ1v) is 8.97. The van der Waals surface area contributed by atoms with E-state index in [4.69, 9.17) is 0 Å². The lowest BCUT2D eigenvalue weighted by atomic mass is 10.1. The molecule has 1 saturated heterocycles. The first-order chi connectivity index (χ1) is 13.0. The van der Waals surface area contributed by atoms with Crippen molar-refractivity contribution in [3.8, 4) is 0 Å². The molecule has 0 unspecified atom stereocenters. The molecule has 1 aliphatic heterocycles. The molecule has 0 atom stereocenters. The second-order valence-corrected chi connectivity index (χ2v) is 7.05. The van der Waals surface area contributed by atoms with Crippen molar-refractivity contribution in [1.82, 2.24) is 0 Å². The van der Waals surface area contributed by atoms with Crippen LogP contribution in [0.15, 0.2) is 59.0 Å². The zero-order valence-electron chi connectivity index (χ0n) is 14.1. The molecule has 1 nitrogen and oxygen atoms in total. The van der Waals surface area contributed by atoms with Gasteiger partial charge in [-0.25, -0.2) is 0 Å². The monoisotopic (exact) mass is 414 g/mol. The molecule has 28 heavy (non-hydrogen) atoms. The fourth-order valence-electron chi connectivity index (χ4n) is 2.55. The summed E-state index contributed by atoms with van der Waals surface area (Å²) in [5.41, 5.74) is -0.206. The molecule has 0 radical (unpaired) electrons. The topological polar surface area (TPSA) is 17.1 Å². The summed E-state index contributed by atoms with van der Waals surface area (Å²) in [5, 5.41) is 0. The van der Waals surface area contributed by atoms with Crippen LogP contribution in [-0.4, -0.2) is 11.5 Å². The highest BCUT2D eigenvalue weighted by Gasteiger charge is 2.31. The number of carbonyl (C=O) groups is 1. The molecule has 0 N–H and O–H groups in total. The zero-order chi connectivity index (χ0) is 20.5. The minimum Gasteiger partial charge on any atom is -0.288 e. The number of benzene rings is 2. The van der Waals surface area contributed by atoms with Crippen molar-refractivity contribution in [2.24, 2.45) is 0 Å². The Bertz CT molecular complexity index is 857. The number of allylic oxidation sites excluding steroid dienone is 1. The summed E-state index contributed by atoms with van der Waals surface area (Å²) in [4.78, 5) is 12.8. The van der Waals surface area contributed by atoms with E-state index in [0.717, 1.165) is 24.3 Å². The van der Waals surface area contributed by atoms with Crippen LogP contribution < -0.4 is 0 Å². The molecule has 146 valence electrons. The van der Waals surface area contributed by atoms with Gasteiger partial charge in [-0.05, 0) is 47.5 Å². The lowest BCUT2D eigenvalue weighted by Gasteiger charge is -2.06. The summed E-state index contributed by atoms with van der Waals surface area (Å²) in [5.74, 6) is 0.0524. The van der Waals surface area contributed by atoms with Crippen LogP contribution in [0.1, 0.15) is 22.3 Å². The number of hydrogen-bond donors (Lipinski definition) is 0. The quantitative estimate of drug-likeness (QED) is 0.414. The summed E-state index contributed by atoms with van der Waals surface area (Å²) in [7, 11) is 0. The summed E-state index contributed by atoms with van der Waals surface area (Å²) in [6.45, 7) is 0. The van der Waals surface area contributed by atoms with Crippen molar-refractivity contribution in [2.45, 2.75) is 12.4 Å². The zero-order valence-corrected chi connectivity index (χ0v) is 14.9. The van der Waals surface area contributed by atoms with Crippen LogP contribution in [0.5, 0.6) is 0 Å². The van der Waals surface area contributed by atoms with Gasteiger partial charge in [-0.2, -0.15) is 26.3 Å². The lowest BCUT2D eigenvalue weighted by Crippen LogP contribution is -2.04. The minimum absolute atomic E-state index is 0.287. The van der Waals surface area contributed by atoms with Gasteiger partial charge in [0, 0.05) is 11.3 Å². The molecule has 0 spiro atoms. The minimum atomic E-state index is -4.43. The van der Waals surface area contributed by atoms with E-state index in [9.17, 15) is 31.1 Å². The number of ketones is 1. The van der Waals surface area contributed by atoms with Crippen LogP contribution in [0.4, 0.5) is 26.3 Å². The van der Waals surface area contributed by atoms with Crippen molar-refractivity contribution >= 4 is 29.7 Å². The third kappa shape index (κ3) is 4.67. The third-order valence-electron chi connectivity index (χ3n) is 4.01. The van der Waals surface area contributed by atoms with Crippen molar-refractivity contribution in [3.63, 3.8) is 0 Å². The fraction of sp³-hybridized carbons (Fsp3) is 0.150. The van der Waals surface area contributed by atoms with Gasteiger partial charge in [-0.1, -0.05) is 24.3 Å². The molecule has 1 fully saturated rings. The Morgan fingerprint density at radius 2 is 1.14 bits per heavy atom. The van der Waals surface area contributed by atoms with Crippen molar-refractivity contribution in [3.05, 3.63) is 81.3 Å². The van der Waals surface area contributed by atoms with E-state index in [1.807, 2.05) is 0 Å². The standard InChI is InChI=1S/C20H12F6OS/c21-19(22,23)15-5-1-12(2-6-15)9-14-11-28-17(18(14)27)10-13-3-7-16(8-4-13)20(24,25)26/h1-10H,11H2. The molecular formula is C20H12F6OS. The highest BCUT2D eigenvalue weighted by atomic mass is 32.2. The molecule has 0 saturated carbocycles. The Kier molecular flexibility index (Phi) is 5.43. The first-order valence-electron chi connectivity index (χ1n) is 7.98. The Labute approximate surface area is 160 Å². The van der Waals surface area contributed by atoms with Gasteiger partial charge in [-0.15, -0.1) is 11.8 Å². The van der Waals surface area contributed by atoms with Crippen LogP contribution in [-0.2, 0) is 17.1 Å². The largest absolute Gasteiger partial charge is 0.416 e. The second-order valence-electron chi connectivity index (χ2n) is 6.04. The molecule has 0 amide bonds. The number of hydrogen-bond acceptors (Lipinski definition) is 2. The molecular weight excluding hydrogens is 402 g/mol. The van der Waals surface area contributed by atoms with Crippen LogP contribution in [0.2, 0.25) is 0 Å². The van der Waals surface area contributed by atoms with E-state index in [0.29, 0.717) is 27.4 Å². The van der Waals surface area contributed by atoms with E-state index in [-0.39, 0.29) is 5.78 Å². The van der Waals surface area contributed by atoms with Crippen molar-refractivity contribution in [2.75, 3.05) is 5.75 Å². The number of Topliss-reactive ketones (excluding diaryl/α,β-unsaturated/α-hetero) is 1. The van der Waals surface area contributed by atoms with Crippen LogP contribution in [0, 0.1) is 0 Å². The van der Waals surface area contributed by atoms with E-state index in [2.05, 4.69) is 0 Å². The molecule has 8 heteroatoms. The smallest absolute Gasteiger partial charge is 0.288 e. The maximum Gasteiger partial charge on any atom is 0.416 e. The lowest BCUT2D eigenvalue weighted by molar-refractivity contribution is -0.138. The third-order valence-corrected chi connectivity index (χ3v) is 5.08. The highest BCUT2D eigenvalue weighted by molar-refractivity contribution is 8.05. The molecule has 2 aromatic rings. The number of thioether (sulfide) groups is 1. The van der Waals surface area contributed by atoms with Gasteiger partial charge in [0.25, 0.3) is 0 Å². The van der Waals surface area contributed by atoms with Gasteiger partial charge in [-0.3, -0.25) is 4.79 Å². The van der Waals surface area contributed by atoms with E-state index < -0.39 is 23.5 Å². The van der Waals surface area contributed by atoms with Gasteiger partial charge in [0.2, 0.25) is 0 Å². The van der Waals surface area contributed by atoms with Gasteiger partial charge in [0.15, 0.2) is 5.78 Å². The first kappa shape index (κ1) is 20.3. The molecule has 0 bridgehead atoms. The Morgan fingerprint density at radius 3 is 1.57 bits per heavy atom. The Balaban J connectivity index is 1.77. The summed E-state index contributed by atoms with van der Waals surface area (Å²) in [6.07, 6.45) is -5.84. The van der Waals surface area contributed by atoms with Crippen LogP contribution in [0.3, 0.4) is 0 Å². The highest BCUT2D eigenvalue weighted by Crippen LogP contribution is 2.35. The molecule has 0 aliphatic carbocycles.